The molecule has 0 amide bonds. The number of nitrogens with zero attached hydrogens (tertiary/aromatic N) is 2. The highest BCUT2D eigenvalue weighted by molar-refractivity contribution is 7.98. The van der Waals surface area contributed by atoms with Crippen molar-refractivity contribution < 1.29 is 5.11 Å². The fraction of sp³-hybridized carbons (Fsp3) is 0.500. The summed E-state index contributed by atoms with van der Waals surface area (Å²) in [7, 11) is 0. The number of aromatic nitrogens is 2. The molecule has 0 aliphatic heterocycles. The van der Waals surface area contributed by atoms with E-state index in [4.69, 9.17) is 16.7 Å². The molecule has 1 atom stereocenters. The van der Waals surface area contributed by atoms with E-state index in [1.165, 1.54) is 11.8 Å². The van der Waals surface area contributed by atoms with Crippen LogP contribution in [-0.2, 0) is 0 Å². The summed E-state index contributed by atoms with van der Waals surface area (Å²) in [4.78, 5) is 8.19. The molecule has 0 aliphatic carbocycles. The normalized spacial score (nSPS) is 12.6. The first kappa shape index (κ1) is 11.6. The van der Waals surface area contributed by atoms with E-state index in [0.29, 0.717) is 16.1 Å². The fourth-order valence-corrected chi connectivity index (χ4v) is 1.47. The minimum atomic E-state index is -0.0457. The van der Waals surface area contributed by atoms with Crippen molar-refractivity contribution in [1.82, 2.24) is 9.97 Å². The Morgan fingerprint density at radius 2 is 2.36 bits per heavy atom. The van der Waals surface area contributed by atoms with Crippen LogP contribution in [0.4, 0.5) is 5.82 Å². The molecule has 0 saturated carbocycles. The first-order chi connectivity index (χ1) is 6.65. The molecule has 1 heterocycles. The molecule has 0 saturated heterocycles. The van der Waals surface area contributed by atoms with Gasteiger partial charge in [0, 0.05) is 12.1 Å². The van der Waals surface area contributed by atoms with Gasteiger partial charge in [0.05, 0.1) is 6.61 Å². The Bertz CT molecular complexity index is 311. The van der Waals surface area contributed by atoms with E-state index in [1.807, 2.05) is 13.2 Å². The zero-order chi connectivity index (χ0) is 10.6. The molecular formula is C8H12ClN3OS. The molecule has 14 heavy (non-hydrogen) atoms. The zero-order valence-corrected chi connectivity index (χ0v) is 9.56. The van der Waals surface area contributed by atoms with Crippen LogP contribution in [0, 0.1) is 0 Å². The van der Waals surface area contributed by atoms with Crippen molar-refractivity contribution in [3.63, 3.8) is 0 Å². The van der Waals surface area contributed by atoms with E-state index in [-0.39, 0.29) is 12.6 Å². The molecule has 1 unspecified atom stereocenters. The van der Waals surface area contributed by atoms with Gasteiger partial charge >= 0.3 is 0 Å². The molecule has 0 radical (unpaired) electrons. The topological polar surface area (TPSA) is 58.0 Å². The van der Waals surface area contributed by atoms with Gasteiger partial charge in [-0.25, -0.2) is 9.97 Å². The standard InChI is InChI=1S/C8H12ClN3OS/c1-5(4-13)10-7-3-6(9)11-8(12-7)14-2/h3,5,13H,4H2,1-2H3,(H,10,11,12). The van der Waals surface area contributed by atoms with Crippen LogP contribution in [-0.4, -0.2) is 34.0 Å². The van der Waals surface area contributed by atoms with Crippen molar-refractivity contribution in [1.29, 1.82) is 0 Å². The van der Waals surface area contributed by atoms with E-state index in [0.717, 1.165) is 0 Å². The minimum Gasteiger partial charge on any atom is -0.394 e. The van der Waals surface area contributed by atoms with Gasteiger partial charge in [-0.3, -0.25) is 0 Å². The minimum absolute atomic E-state index is 0.0457. The molecule has 1 rings (SSSR count). The van der Waals surface area contributed by atoms with E-state index >= 15 is 0 Å². The van der Waals surface area contributed by atoms with Gasteiger partial charge < -0.3 is 10.4 Å². The third-order valence-electron chi connectivity index (χ3n) is 1.53. The maximum absolute atomic E-state index is 8.85. The Morgan fingerprint density at radius 1 is 1.64 bits per heavy atom. The summed E-state index contributed by atoms with van der Waals surface area (Å²) in [6, 6.07) is 1.59. The van der Waals surface area contributed by atoms with Gasteiger partial charge in [0.25, 0.3) is 0 Å². The average Bonchev–Trinajstić information content (AvgIpc) is 2.16. The summed E-state index contributed by atoms with van der Waals surface area (Å²) in [5, 5.41) is 12.9. The Labute approximate surface area is 92.1 Å². The fourth-order valence-electron chi connectivity index (χ4n) is 0.860. The summed E-state index contributed by atoms with van der Waals surface area (Å²) in [5.74, 6) is 0.635. The smallest absolute Gasteiger partial charge is 0.190 e. The molecule has 0 bridgehead atoms. The second-order valence-electron chi connectivity index (χ2n) is 2.79. The summed E-state index contributed by atoms with van der Waals surface area (Å²) in [6.45, 7) is 1.91. The lowest BCUT2D eigenvalue weighted by Crippen LogP contribution is -2.20. The largest absolute Gasteiger partial charge is 0.394 e. The van der Waals surface area contributed by atoms with E-state index in [1.54, 1.807) is 6.07 Å². The highest BCUT2D eigenvalue weighted by Crippen LogP contribution is 2.17. The first-order valence-corrected chi connectivity index (χ1v) is 5.72. The number of thioether (sulfide) groups is 1. The number of halogens is 1. The molecule has 4 nitrogen and oxygen atoms in total. The highest BCUT2D eigenvalue weighted by atomic mass is 35.5. The Balaban J connectivity index is 2.81. The van der Waals surface area contributed by atoms with Crippen LogP contribution in [0.3, 0.4) is 0 Å². The van der Waals surface area contributed by atoms with E-state index in [2.05, 4.69) is 15.3 Å². The molecule has 6 heteroatoms. The van der Waals surface area contributed by atoms with Crippen molar-refractivity contribution in [2.75, 3.05) is 18.2 Å². The van der Waals surface area contributed by atoms with E-state index < -0.39 is 0 Å². The number of aliphatic hydroxyl groups excluding tert-OH is 1. The SMILES string of the molecule is CSc1nc(Cl)cc(NC(C)CO)n1. The van der Waals surface area contributed by atoms with Crippen LogP contribution in [0.5, 0.6) is 0 Å². The monoisotopic (exact) mass is 233 g/mol. The summed E-state index contributed by atoms with van der Waals surface area (Å²) < 4.78 is 0. The lowest BCUT2D eigenvalue weighted by atomic mass is 10.3. The van der Waals surface area contributed by atoms with Gasteiger partial charge in [-0.1, -0.05) is 23.4 Å². The Morgan fingerprint density at radius 3 is 2.93 bits per heavy atom. The number of anilines is 1. The number of hydrogen-bond donors (Lipinski definition) is 2. The van der Waals surface area contributed by atoms with Crippen LogP contribution in [0.15, 0.2) is 11.2 Å². The summed E-state index contributed by atoms with van der Waals surface area (Å²) in [6.07, 6.45) is 1.88. The Kier molecular flexibility index (Phi) is 4.44. The van der Waals surface area contributed by atoms with Gasteiger partial charge in [-0.05, 0) is 13.2 Å². The lowest BCUT2D eigenvalue weighted by molar-refractivity contribution is 0.281. The molecule has 0 aromatic carbocycles. The average molecular weight is 234 g/mol. The van der Waals surface area contributed by atoms with Gasteiger partial charge in [0.15, 0.2) is 5.16 Å². The second kappa shape index (κ2) is 5.38. The number of aliphatic hydroxyl groups is 1. The van der Waals surface area contributed by atoms with Crippen molar-refractivity contribution >= 4 is 29.2 Å². The third-order valence-corrected chi connectivity index (χ3v) is 2.27. The molecule has 2 N–H and O–H groups in total. The first-order valence-electron chi connectivity index (χ1n) is 4.11. The second-order valence-corrected chi connectivity index (χ2v) is 3.95. The molecule has 78 valence electrons. The quantitative estimate of drug-likeness (QED) is 0.471. The zero-order valence-electron chi connectivity index (χ0n) is 7.99. The lowest BCUT2D eigenvalue weighted by Gasteiger charge is -2.11. The van der Waals surface area contributed by atoms with Crippen LogP contribution in [0.1, 0.15) is 6.92 Å². The van der Waals surface area contributed by atoms with Crippen molar-refractivity contribution in [2.24, 2.45) is 0 Å². The van der Waals surface area contributed by atoms with Crippen molar-refractivity contribution in [3.8, 4) is 0 Å². The molecule has 0 spiro atoms. The summed E-state index contributed by atoms with van der Waals surface area (Å²) >= 11 is 7.21. The number of rotatable bonds is 4. The van der Waals surface area contributed by atoms with Crippen LogP contribution in [0.25, 0.3) is 0 Å². The maximum atomic E-state index is 8.85. The van der Waals surface area contributed by atoms with Crippen LogP contribution >= 0.6 is 23.4 Å². The van der Waals surface area contributed by atoms with Gasteiger partial charge in [0.1, 0.15) is 11.0 Å². The summed E-state index contributed by atoms with van der Waals surface area (Å²) in [5.41, 5.74) is 0. The molecular weight excluding hydrogens is 222 g/mol. The van der Waals surface area contributed by atoms with Crippen molar-refractivity contribution in [3.05, 3.63) is 11.2 Å². The predicted octanol–water partition coefficient (Wildman–Crippen LogP) is 1.64. The third kappa shape index (κ3) is 3.32. The molecule has 1 aromatic heterocycles. The van der Waals surface area contributed by atoms with Crippen LogP contribution < -0.4 is 5.32 Å². The molecule has 1 aromatic rings. The van der Waals surface area contributed by atoms with Crippen LogP contribution in [0.2, 0.25) is 5.15 Å². The number of hydrogen-bond acceptors (Lipinski definition) is 5. The Hall–Kier alpha value is -0.520. The van der Waals surface area contributed by atoms with Gasteiger partial charge in [-0.2, -0.15) is 0 Å². The van der Waals surface area contributed by atoms with Gasteiger partial charge in [-0.15, -0.1) is 0 Å². The maximum Gasteiger partial charge on any atom is 0.190 e. The predicted molar refractivity (Wildman–Crippen MR) is 59.0 cm³/mol. The van der Waals surface area contributed by atoms with E-state index in [9.17, 15) is 0 Å². The molecule has 0 aliphatic rings. The highest BCUT2D eigenvalue weighted by Gasteiger charge is 2.04. The van der Waals surface area contributed by atoms with Gasteiger partial charge in [0.2, 0.25) is 0 Å². The molecule has 0 fully saturated rings. The number of nitrogens with one attached hydrogen (secondary N) is 1. The van der Waals surface area contributed by atoms with Crippen molar-refractivity contribution in [2.45, 2.75) is 18.1 Å².